The van der Waals surface area contributed by atoms with Crippen LogP contribution in [0.1, 0.15) is 22.8 Å². The van der Waals surface area contributed by atoms with Gasteiger partial charge in [-0.1, -0.05) is 35.9 Å². The lowest BCUT2D eigenvalue weighted by molar-refractivity contribution is -0.116. The Kier molecular flexibility index (Phi) is 3.35. The van der Waals surface area contributed by atoms with Gasteiger partial charge in [0.05, 0.1) is 11.4 Å². The number of halogens is 1. The van der Waals surface area contributed by atoms with E-state index in [0.29, 0.717) is 22.0 Å². The summed E-state index contributed by atoms with van der Waals surface area (Å²) in [5.41, 5.74) is 2.37. The van der Waals surface area contributed by atoms with Crippen LogP contribution < -0.4 is 4.90 Å². The largest absolute Gasteiger partial charge is 0.287 e. The maximum absolute atomic E-state index is 12.5. The maximum Gasteiger partial charge on any atom is 0.228 e. The summed E-state index contributed by atoms with van der Waals surface area (Å²) in [6.07, 6.45) is 1.71. The van der Waals surface area contributed by atoms with Crippen LogP contribution in [0.5, 0.6) is 0 Å². The number of fused-ring (bicyclic) bond motifs is 1. The number of anilines is 1. The predicted molar refractivity (Wildman–Crippen MR) is 83.4 cm³/mol. The summed E-state index contributed by atoms with van der Waals surface area (Å²) in [5, 5.41) is 0.626. The third kappa shape index (κ3) is 2.36. The Hall–Kier alpha value is -2.39. The summed E-state index contributed by atoms with van der Waals surface area (Å²) in [4.78, 5) is 25.9. The fraction of sp³-hybridized carbons (Fsp3) is 0.0588. The monoisotopic (exact) mass is 297 g/mol. The second kappa shape index (κ2) is 5.19. The molecule has 0 atom stereocenters. The van der Waals surface area contributed by atoms with Crippen molar-refractivity contribution in [2.24, 2.45) is 0 Å². The van der Waals surface area contributed by atoms with E-state index in [4.69, 9.17) is 11.6 Å². The van der Waals surface area contributed by atoms with Crippen molar-refractivity contribution >= 4 is 35.1 Å². The SMILES string of the molecule is CC(=O)N1/C(=C/c2ccc(Cl)cc2)C(=O)c2ccccc21. The molecule has 1 heterocycles. The van der Waals surface area contributed by atoms with Crippen LogP contribution in [-0.2, 0) is 4.79 Å². The summed E-state index contributed by atoms with van der Waals surface area (Å²) in [7, 11) is 0. The van der Waals surface area contributed by atoms with Crippen LogP contribution in [0.4, 0.5) is 5.69 Å². The van der Waals surface area contributed by atoms with Crippen molar-refractivity contribution in [3.63, 3.8) is 0 Å². The van der Waals surface area contributed by atoms with E-state index in [2.05, 4.69) is 0 Å². The lowest BCUT2D eigenvalue weighted by Gasteiger charge is -2.15. The Bertz CT molecular complexity index is 763. The zero-order chi connectivity index (χ0) is 15.0. The molecule has 1 aliphatic heterocycles. The van der Waals surface area contributed by atoms with Crippen molar-refractivity contribution in [2.75, 3.05) is 4.90 Å². The lowest BCUT2D eigenvalue weighted by Crippen LogP contribution is -2.25. The molecule has 1 aliphatic rings. The third-order valence-electron chi connectivity index (χ3n) is 3.35. The number of para-hydroxylation sites is 1. The average molecular weight is 298 g/mol. The first-order chi connectivity index (χ1) is 10.1. The second-order valence-corrected chi connectivity index (χ2v) is 5.22. The molecule has 2 aromatic carbocycles. The zero-order valence-electron chi connectivity index (χ0n) is 11.3. The molecule has 1 amide bonds. The highest BCUT2D eigenvalue weighted by Crippen LogP contribution is 2.35. The van der Waals surface area contributed by atoms with Crippen LogP contribution in [0.15, 0.2) is 54.2 Å². The van der Waals surface area contributed by atoms with E-state index in [0.717, 1.165) is 5.56 Å². The fourth-order valence-corrected chi connectivity index (χ4v) is 2.54. The van der Waals surface area contributed by atoms with Crippen LogP contribution >= 0.6 is 11.6 Å². The van der Waals surface area contributed by atoms with E-state index >= 15 is 0 Å². The summed E-state index contributed by atoms with van der Waals surface area (Å²) < 4.78 is 0. The average Bonchev–Trinajstić information content (AvgIpc) is 2.75. The number of carbonyl (C=O) groups is 2. The number of benzene rings is 2. The van der Waals surface area contributed by atoms with Gasteiger partial charge in [0.25, 0.3) is 0 Å². The van der Waals surface area contributed by atoms with Crippen LogP contribution in [0.2, 0.25) is 5.02 Å². The third-order valence-corrected chi connectivity index (χ3v) is 3.60. The lowest BCUT2D eigenvalue weighted by atomic mass is 10.1. The molecule has 4 heteroatoms. The van der Waals surface area contributed by atoms with Gasteiger partial charge in [-0.25, -0.2) is 0 Å². The molecule has 0 bridgehead atoms. The number of nitrogens with zero attached hydrogens (tertiary/aromatic N) is 1. The quantitative estimate of drug-likeness (QED) is 0.748. The van der Waals surface area contributed by atoms with Crippen molar-refractivity contribution in [1.82, 2.24) is 0 Å². The van der Waals surface area contributed by atoms with Gasteiger partial charge in [-0.3, -0.25) is 14.5 Å². The number of rotatable bonds is 1. The summed E-state index contributed by atoms with van der Waals surface area (Å²) in [6, 6.07) is 14.2. The Balaban J connectivity index is 2.12. The highest BCUT2D eigenvalue weighted by molar-refractivity contribution is 6.30. The minimum Gasteiger partial charge on any atom is -0.287 e. The topological polar surface area (TPSA) is 37.4 Å². The summed E-state index contributed by atoms with van der Waals surface area (Å²) in [5.74, 6) is -0.329. The standard InChI is InChI=1S/C17H12ClNO2/c1-11(20)19-15-5-3-2-4-14(15)17(21)16(19)10-12-6-8-13(18)9-7-12/h2-10H,1H3/b16-10+. The van der Waals surface area contributed by atoms with Crippen LogP contribution in [0, 0.1) is 0 Å². The smallest absolute Gasteiger partial charge is 0.228 e. The molecule has 3 nitrogen and oxygen atoms in total. The first kappa shape index (κ1) is 13.6. The van der Waals surface area contributed by atoms with E-state index in [-0.39, 0.29) is 11.7 Å². The van der Waals surface area contributed by atoms with Crippen LogP contribution in [-0.4, -0.2) is 11.7 Å². The molecule has 0 spiro atoms. The van der Waals surface area contributed by atoms with E-state index in [1.54, 1.807) is 36.4 Å². The second-order valence-electron chi connectivity index (χ2n) is 4.78. The zero-order valence-corrected chi connectivity index (χ0v) is 12.1. The number of Topliss-reactive ketones (excluding diaryl/α,β-unsaturated/α-hetero) is 1. The molecule has 3 rings (SSSR count). The number of allylic oxidation sites excluding steroid dienone is 1. The van der Waals surface area contributed by atoms with Crippen LogP contribution in [0.3, 0.4) is 0 Å². The molecule has 0 N–H and O–H groups in total. The summed E-state index contributed by atoms with van der Waals surface area (Å²) in [6.45, 7) is 1.45. The van der Waals surface area contributed by atoms with E-state index in [1.807, 2.05) is 18.2 Å². The van der Waals surface area contributed by atoms with Crippen molar-refractivity contribution in [3.8, 4) is 0 Å². The molecular formula is C17H12ClNO2. The molecule has 0 radical (unpaired) electrons. The first-order valence-electron chi connectivity index (χ1n) is 6.49. The highest BCUT2D eigenvalue weighted by Gasteiger charge is 2.34. The highest BCUT2D eigenvalue weighted by atomic mass is 35.5. The van der Waals surface area contributed by atoms with E-state index in [9.17, 15) is 9.59 Å². The van der Waals surface area contributed by atoms with Crippen molar-refractivity contribution in [2.45, 2.75) is 6.92 Å². The molecule has 0 saturated carbocycles. The van der Waals surface area contributed by atoms with Gasteiger partial charge >= 0.3 is 0 Å². The van der Waals surface area contributed by atoms with Gasteiger partial charge in [-0.15, -0.1) is 0 Å². The van der Waals surface area contributed by atoms with E-state index in [1.165, 1.54) is 11.8 Å². The van der Waals surface area contributed by atoms with Crippen molar-refractivity contribution < 1.29 is 9.59 Å². The van der Waals surface area contributed by atoms with Gasteiger partial charge in [-0.05, 0) is 35.9 Å². The number of amides is 1. The molecule has 0 aromatic heterocycles. The predicted octanol–water partition coefficient (Wildman–Crippen LogP) is 3.93. The Morgan fingerprint density at radius 3 is 2.43 bits per heavy atom. The molecule has 0 aliphatic carbocycles. The van der Waals surface area contributed by atoms with E-state index < -0.39 is 0 Å². The van der Waals surface area contributed by atoms with Gasteiger partial charge in [0.15, 0.2) is 0 Å². The van der Waals surface area contributed by atoms with Gasteiger partial charge in [-0.2, -0.15) is 0 Å². The molecular weight excluding hydrogens is 286 g/mol. The van der Waals surface area contributed by atoms with Gasteiger partial charge < -0.3 is 0 Å². The number of hydrogen-bond acceptors (Lipinski definition) is 2. The Morgan fingerprint density at radius 1 is 1.10 bits per heavy atom. The molecule has 104 valence electrons. The molecule has 0 saturated heterocycles. The van der Waals surface area contributed by atoms with Gasteiger partial charge in [0, 0.05) is 17.5 Å². The maximum atomic E-state index is 12.5. The Labute approximate surface area is 127 Å². The normalized spacial score (nSPS) is 15.4. The number of hydrogen-bond donors (Lipinski definition) is 0. The summed E-state index contributed by atoms with van der Waals surface area (Å²) >= 11 is 5.86. The van der Waals surface area contributed by atoms with Crippen LogP contribution in [0.25, 0.3) is 6.08 Å². The van der Waals surface area contributed by atoms with Crippen molar-refractivity contribution in [1.29, 1.82) is 0 Å². The minimum absolute atomic E-state index is 0.143. The molecule has 2 aromatic rings. The number of carbonyl (C=O) groups excluding carboxylic acids is 2. The number of ketones is 1. The first-order valence-corrected chi connectivity index (χ1v) is 6.87. The van der Waals surface area contributed by atoms with Gasteiger partial charge in [0.2, 0.25) is 11.7 Å². The Morgan fingerprint density at radius 2 is 1.76 bits per heavy atom. The molecule has 0 unspecified atom stereocenters. The van der Waals surface area contributed by atoms with Gasteiger partial charge in [0.1, 0.15) is 0 Å². The minimum atomic E-state index is -0.187. The fourth-order valence-electron chi connectivity index (χ4n) is 2.42. The molecule has 0 fully saturated rings. The molecule has 21 heavy (non-hydrogen) atoms. The van der Waals surface area contributed by atoms with Crippen molar-refractivity contribution in [3.05, 3.63) is 70.4 Å².